The van der Waals surface area contributed by atoms with Gasteiger partial charge in [-0.3, -0.25) is 4.90 Å². The maximum Gasteiger partial charge on any atom is 0.324 e. The summed E-state index contributed by atoms with van der Waals surface area (Å²) in [6, 6.07) is 8.05. The van der Waals surface area contributed by atoms with Gasteiger partial charge in [0.25, 0.3) is 0 Å². The third-order valence-electron chi connectivity index (χ3n) is 4.53. The molecular formula is C15H21N3O. The Kier molecular flexibility index (Phi) is 3.09. The van der Waals surface area contributed by atoms with Crippen molar-refractivity contribution in [2.45, 2.75) is 31.7 Å². The molecule has 1 aliphatic heterocycles. The van der Waals surface area contributed by atoms with E-state index in [2.05, 4.69) is 0 Å². The van der Waals surface area contributed by atoms with E-state index in [1.54, 1.807) is 0 Å². The van der Waals surface area contributed by atoms with Gasteiger partial charge in [0, 0.05) is 25.0 Å². The maximum atomic E-state index is 12.4. The minimum absolute atomic E-state index is 0.0995. The van der Waals surface area contributed by atoms with E-state index in [-0.39, 0.29) is 6.03 Å². The molecule has 2 aliphatic rings. The fraction of sp³-hybridized carbons (Fsp3) is 0.533. The first-order valence-corrected chi connectivity index (χ1v) is 7.06. The first-order chi connectivity index (χ1) is 9.16. The van der Waals surface area contributed by atoms with Crippen molar-refractivity contribution in [1.29, 1.82) is 0 Å². The SMILES string of the molecule is CN1C(=O)N(c2cccc(N)c2)CC1C1CCCC1. The van der Waals surface area contributed by atoms with Gasteiger partial charge in [0.05, 0.1) is 6.04 Å². The fourth-order valence-corrected chi connectivity index (χ4v) is 3.44. The Morgan fingerprint density at radius 2 is 2.00 bits per heavy atom. The van der Waals surface area contributed by atoms with Gasteiger partial charge in [-0.2, -0.15) is 0 Å². The summed E-state index contributed by atoms with van der Waals surface area (Å²) >= 11 is 0. The fourth-order valence-electron chi connectivity index (χ4n) is 3.44. The standard InChI is InChI=1S/C15H21N3O/c1-17-14(11-5-2-3-6-11)10-18(15(17)19)13-8-4-7-12(16)9-13/h4,7-9,11,14H,2-3,5-6,10,16H2,1H3. The number of carbonyl (C=O) groups excluding carboxylic acids is 1. The highest BCUT2D eigenvalue weighted by atomic mass is 16.2. The number of nitrogens with zero attached hydrogens (tertiary/aromatic N) is 2. The molecule has 1 saturated carbocycles. The van der Waals surface area contributed by atoms with Crippen LogP contribution in [0.3, 0.4) is 0 Å². The topological polar surface area (TPSA) is 49.6 Å². The molecule has 1 aromatic carbocycles. The van der Waals surface area contributed by atoms with Crippen molar-refractivity contribution in [3.63, 3.8) is 0 Å². The number of hydrogen-bond donors (Lipinski definition) is 1. The molecule has 2 amide bonds. The van der Waals surface area contributed by atoms with E-state index in [1.165, 1.54) is 25.7 Å². The second-order valence-electron chi connectivity index (χ2n) is 5.71. The van der Waals surface area contributed by atoms with E-state index in [9.17, 15) is 4.79 Å². The Morgan fingerprint density at radius 1 is 1.26 bits per heavy atom. The number of amides is 2. The van der Waals surface area contributed by atoms with Crippen molar-refractivity contribution in [3.05, 3.63) is 24.3 Å². The average Bonchev–Trinajstić information content (AvgIpc) is 3.00. The summed E-state index contributed by atoms with van der Waals surface area (Å²) in [6.07, 6.45) is 5.13. The third kappa shape index (κ3) is 2.15. The number of benzene rings is 1. The zero-order valence-corrected chi connectivity index (χ0v) is 11.4. The van der Waals surface area contributed by atoms with Crippen LogP contribution in [0.1, 0.15) is 25.7 Å². The highest BCUT2D eigenvalue weighted by Gasteiger charge is 2.40. The predicted molar refractivity (Wildman–Crippen MR) is 77.1 cm³/mol. The van der Waals surface area contributed by atoms with Gasteiger partial charge >= 0.3 is 6.03 Å². The monoisotopic (exact) mass is 259 g/mol. The maximum absolute atomic E-state index is 12.4. The minimum atomic E-state index is 0.0995. The first kappa shape index (κ1) is 12.3. The molecule has 1 aromatic rings. The highest BCUT2D eigenvalue weighted by molar-refractivity contribution is 5.94. The van der Waals surface area contributed by atoms with Crippen LogP contribution in [0.4, 0.5) is 16.2 Å². The molecule has 102 valence electrons. The molecule has 0 radical (unpaired) electrons. The van der Waals surface area contributed by atoms with Crippen LogP contribution in [0.15, 0.2) is 24.3 Å². The van der Waals surface area contributed by atoms with Gasteiger partial charge in [0.1, 0.15) is 0 Å². The van der Waals surface area contributed by atoms with Crippen molar-refractivity contribution >= 4 is 17.4 Å². The number of nitrogen functional groups attached to an aromatic ring is 1. The van der Waals surface area contributed by atoms with Crippen LogP contribution in [0.2, 0.25) is 0 Å². The Balaban J connectivity index is 1.82. The predicted octanol–water partition coefficient (Wildman–Crippen LogP) is 2.70. The molecule has 19 heavy (non-hydrogen) atoms. The van der Waals surface area contributed by atoms with Crippen LogP contribution < -0.4 is 10.6 Å². The van der Waals surface area contributed by atoms with E-state index in [1.807, 2.05) is 41.1 Å². The third-order valence-corrected chi connectivity index (χ3v) is 4.53. The summed E-state index contributed by atoms with van der Waals surface area (Å²) in [5.74, 6) is 0.667. The second kappa shape index (κ2) is 4.76. The number of anilines is 2. The van der Waals surface area contributed by atoms with Crippen LogP contribution in [-0.4, -0.2) is 30.6 Å². The van der Waals surface area contributed by atoms with Crippen LogP contribution in [0.25, 0.3) is 0 Å². The lowest BCUT2D eigenvalue weighted by atomic mass is 9.98. The second-order valence-corrected chi connectivity index (χ2v) is 5.71. The van der Waals surface area contributed by atoms with Crippen molar-refractivity contribution in [3.8, 4) is 0 Å². The molecule has 2 N–H and O–H groups in total. The summed E-state index contributed by atoms with van der Waals surface area (Å²) in [7, 11) is 1.93. The Hall–Kier alpha value is -1.71. The number of rotatable bonds is 2. The summed E-state index contributed by atoms with van der Waals surface area (Å²) in [4.78, 5) is 16.2. The van der Waals surface area contributed by atoms with Crippen LogP contribution >= 0.6 is 0 Å². The molecular weight excluding hydrogens is 238 g/mol. The molecule has 1 aliphatic carbocycles. The summed E-state index contributed by atoms with van der Waals surface area (Å²) in [6.45, 7) is 0.795. The lowest BCUT2D eigenvalue weighted by molar-refractivity contribution is 0.202. The molecule has 1 heterocycles. The molecule has 0 spiro atoms. The Bertz CT molecular complexity index is 482. The van der Waals surface area contributed by atoms with Gasteiger partial charge < -0.3 is 10.6 Å². The van der Waals surface area contributed by atoms with E-state index in [4.69, 9.17) is 5.73 Å². The molecule has 1 saturated heterocycles. The van der Waals surface area contributed by atoms with Gasteiger partial charge in [0.15, 0.2) is 0 Å². The number of likely N-dealkylation sites (N-methyl/N-ethyl adjacent to an activating group) is 1. The molecule has 4 heteroatoms. The zero-order valence-electron chi connectivity index (χ0n) is 11.4. The molecule has 0 aromatic heterocycles. The quantitative estimate of drug-likeness (QED) is 0.830. The van der Waals surface area contributed by atoms with Crippen LogP contribution in [0, 0.1) is 5.92 Å². The van der Waals surface area contributed by atoms with Crippen LogP contribution in [-0.2, 0) is 0 Å². The molecule has 0 bridgehead atoms. The number of hydrogen-bond acceptors (Lipinski definition) is 2. The highest BCUT2D eigenvalue weighted by Crippen LogP contribution is 2.35. The lowest BCUT2D eigenvalue weighted by Crippen LogP contribution is -2.35. The summed E-state index contributed by atoms with van der Waals surface area (Å²) < 4.78 is 0. The average molecular weight is 259 g/mol. The molecule has 2 fully saturated rings. The zero-order chi connectivity index (χ0) is 13.4. The molecule has 1 unspecified atom stereocenters. The van der Waals surface area contributed by atoms with Crippen LogP contribution in [0.5, 0.6) is 0 Å². The molecule has 4 nitrogen and oxygen atoms in total. The van der Waals surface area contributed by atoms with Crippen molar-refractivity contribution in [2.24, 2.45) is 5.92 Å². The number of nitrogens with two attached hydrogens (primary N) is 1. The minimum Gasteiger partial charge on any atom is -0.399 e. The van der Waals surface area contributed by atoms with Crippen molar-refractivity contribution < 1.29 is 4.79 Å². The van der Waals surface area contributed by atoms with Gasteiger partial charge in [-0.15, -0.1) is 0 Å². The normalized spacial score (nSPS) is 24.5. The molecule has 1 atom stereocenters. The van der Waals surface area contributed by atoms with Gasteiger partial charge in [-0.1, -0.05) is 18.9 Å². The Morgan fingerprint density at radius 3 is 2.68 bits per heavy atom. The van der Waals surface area contributed by atoms with Gasteiger partial charge in [-0.05, 0) is 37.0 Å². The van der Waals surface area contributed by atoms with E-state index >= 15 is 0 Å². The molecule has 3 rings (SSSR count). The van der Waals surface area contributed by atoms with E-state index in [0.29, 0.717) is 17.6 Å². The number of carbonyl (C=O) groups is 1. The van der Waals surface area contributed by atoms with Crippen molar-refractivity contribution in [1.82, 2.24) is 4.90 Å². The summed E-state index contributed by atoms with van der Waals surface area (Å²) in [5, 5.41) is 0. The summed E-state index contributed by atoms with van der Waals surface area (Å²) in [5.41, 5.74) is 7.43. The lowest BCUT2D eigenvalue weighted by Gasteiger charge is -2.23. The van der Waals surface area contributed by atoms with E-state index in [0.717, 1.165) is 12.2 Å². The number of urea groups is 1. The Labute approximate surface area is 114 Å². The smallest absolute Gasteiger partial charge is 0.324 e. The van der Waals surface area contributed by atoms with Gasteiger partial charge in [0.2, 0.25) is 0 Å². The van der Waals surface area contributed by atoms with Gasteiger partial charge in [-0.25, -0.2) is 4.79 Å². The first-order valence-electron chi connectivity index (χ1n) is 7.06. The van der Waals surface area contributed by atoms with E-state index < -0.39 is 0 Å². The largest absolute Gasteiger partial charge is 0.399 e. The van der Waals surface area contributed by atoms with Crippen molar-refractivity contribution in [2.75, 3.05) is 24.2 Å².